The lowest BCUT2D eigenvalue weighted by atomic mass is 10.1. The predicted molar refractivity (Wildman–Crippen MR) is 98.0 cm³/mol. The molecule has 0 saturated heterocycles. The zero-order valence-electron chi connectivity index (χ0n) is 15.5. The van der Waals surface area contributed by atoms with Crippen LogP contribution in [0.5, 0.6) is 5.75 Å². The number of hydrogen-bond donors (Lipinski definition) is 2. The number of methoxy groups -OCH3 is 1. The van der Waals surface area contributed by atoms with Gasteiger partial charge >= 0.3 is 12.2 Å². The fourth-order valence-electron chi connectivity index (χ4n) is 3.32. The number of ether oxygens (including phenoxy) is 1. The molecule has 0 bridgehead atoms. The summed E-state index contributed by atoms with van der Waals surface area (Å²) in [5, 5.41) is 5.56. The highest BCUT2D eigenvalue weighted by atomic mass is 19.4. The first-order valence-electron chi connectivity index (χ1n) is 8.72. The van der Waals surface area contributed by atoms with Gasteiger partial charge in [0.2, 0.25) is 0 Å². The summed E-state index contributed by atoms with van der Waals surface area (Å²) in [6.07, 6.45) is -1.09. The molecule has 1 atom stereocenters. The maximum Gasteiger partial charge on any atom is 0.401 e. The highest BCUT2D eigenvalue weighted by Crippen LogP contribution is 2.31. The number of rotatable bonds is 5. The Morgan fingerprint density at radius 1 is 1.32 bits per heavy atom. The Bertz CT molecular complexity index is 857. The Morgan fingerprint density at radius 2 is 2.11 bits per heavy atom. The van der Waals surface area contributed by atoms with Gasteiger partial charge in [-0.15, -0.1) is 0 Å². The Hall–Kier alpha value is -2.81. The number of pyridine rings is 1. The number of amides is 2. The van der Waals surface area contributed by atoms with Gasteiger partial charge in [-0.3, -0.25) is 9.88 Å². The van der Waals surface area contributed by atoms with Gasteiger partial charge < -0.3 is 15.4 Å². The highest BCUT2D eigenvalue weighted by molar-refractivity contribution is 5.90. The van der Waals surface area contributed by atoms with Crippen LogP contribution in [-0.2, 0) is 13.1 Å². The zero-order valence-corrected chi connectivity index (χ0v) is 15.5. The molecule has 0 radical (unpaired) electrons. The van der Waals surface area contributed by atoms with Crippen LogP contribution >= 0.6 is 0 Å². The summed E-state index contributed by atoms with van der Waals surface area (Å²) in [5.41, 5.74) is 2.76. The van der Waals surface area contributed by atoms with E-state index in [1.165, 1.54) is 12.0 Å². The molecule has 0 spiro atoms. The first-order chi connectivity index (χ1) is 13.3. The number of hydrogen-bond acceptors (Lipinski definition) is 4. The van der Waals surface area contributed by atoms with Crippen molar-refractivity contribution < 1.29 is 22.7 Å². The molecular formula is C19H21F3N4O2. The second-order valence-corrected chi connectivity index (χ2v) is 6.64. The number of anilines is 1. The van der Waals surface area contributed by atoms with E-state index in [1.54, 1.807) is 43.6 Å². The van der Waals surface area contributed by atoms with E-state index in [2.05, 4.69) is 15.6 Å². The van der Waals surface area contributed by atoms with Gasteiger partial charge in [0.1, 0.15) is 5.75 Å². The van der Waals surface area contributed by atoms with Crippen LogP contribution < -0.4 is 15.4 Å². The van der Waals surface area contributed by atoms with Crippen LogP contribution in [0.15, 0.2) is 36.7 Å². The minimum Gasteiger partial charge on any atom is -0.495 e. The molecular weight excluding hydrogens is 373 g/mol. The molecule has 1 aliphatic rings. The number of aromatic nitrogens is 1. The Morgan fingerprint density at radius 3 is 2.82 bits per heavy atom. The maximum absolute atomic E-state index is 12.7. The number of carbonyl (C=O) groups is 1. The van der Waals surface area contributed by atoms with E-state index in [1.807, 2.05) is 0 Å². The number of carbonyl (C=O) groups excluding carboxylic acids is 1. The average molecular weight is 394 g/mol. The maximum atomic E-state index is 12.7. The van der Waals surface area contributed by atoms with Crippen molar-refractivity contribution in [3.05, 3.63) is 53.3 Å². The fourth-order valence-corrected chi connectivity index (χ4v) is 3.32. The zero-order chi connectivity index (χ0) is 20.3. The first kappa shape index (κ1) is 19.9. The largest absolute Gasteiger partial charge is 0.495 e. The van der Waals surface area contributed by atoms with E-state index < -0.39 is 18.8 Å². The lowest BCUT2D eigenvalue weighted by Crippen LogP contribution is -2.32. The van der Waals surface area contributed by atoms with Crippen molar-refractivity contribution in [2.45, 2.75) is 32.2 Å². The van der Waals surface area contributed by atoms with E-state index in [9.17, 15) is 18.0 Å². The topological polar surface area (TPSA) is 66.5 Å². The van der Waals surface area contributed by atoms with Gasteiger partial charge in [0.05, 0.1) is 25.9 Å². The Balaban J connectivity index is 1.67. The molecule has 2 N–H and O–H groups in total. The van der Waals surface area contributed by atoms with Crippen LogP contribution in [0.25, 0.3) is 0 Å². The molecule has 0 aliphatic carbocycles. The quantitative estimate of drug-likeness (QED) is 0.809. The smallest absolute Gasteiger partial charge is 0.401 e. The summed E-state index contributed by atoms with van der Waals surface area (Å²) >= 11 is 0. The number of nitrogens with zero attached hydrogens (tertiary/aromatic N) is 2. The van der Waals surface area contributed by atoms with E-state index in [0.717, 1.165) is 11.1 Å². The summed E-state index contributed by atoms with van der Waals surface area (Å²) in [6.45, 7) is 1.17. The summed E-state index contributed by atoms with van der Waals surface area (Å²) in [4.78, 5) is 17.7. The molecule has 1 aromatic heterocycles. The predicted octanol–water partition coefficient (Wildman–Crippen LogP) is 3.85. The number of fused-ring (bicyclic) bond motifs is 1. The normalized spacial score (nSPS) is 15.0. The van der Waals surface area contributed by atoms with Crippen molar-refractivity contribution >= 4 is 11.7 Å². The molecule has 2 aromatic rings. The molecule has 6 nitrogen and oxygen atoms in total. The molecule has 28 heavy (non-hydrogen) atoms. The molecule has 1 aliphatic heterocycles. The van der Waals surface area contributed by atoms with Crippen molar-refractivity contribution in [2.24, 2.45) is 0 Å². The van der Waals surface area contributed by atoms with E-state index in [4.69, 9.17) is 4.74 Å². The van der Waals surface area contributed by atoms with Crippen LogP contribution in [0.4, 0.5) is 23.7 Å². The van der Waals surface area contributed by atoms with Gasteiger partial charge in [-0.1, -0.05) is 12.1 Å². The molecule has 3 rings (SSSR count). The highest BCUT2D eigenvalue weighted by Gasteiger charge is 2.34. The monoisotopic (exact) mass is 394 g/mol. The van der Waals surface area contributed by atoms with E-state index in [-0.39, 0.29) is 19.1 Å². The molecule has 2 amide bonds. The third-order valence-electron chi connectivity index (χ3n) is 4.55. The van der Waals surface area contributed by atoms with Gasteiger partial charge in [-0.25, -0.2) is 4.79 Å². The second kappa shape index (κ2) is 8.05. The van der Waals surface area contributed by atoms with Crippen molar-refractivity contribution in [3.63, 3.8) is 0 Å². The van der Waals surface area contributed by atoms with Gasteiger partial charge in [0, 0.05) is 30.5 Å². The first-order valence-corrected chi connectivity index (χ1v) is 8.72. The van der Waals surface area contributed by atoms with Crippen molar-refractivity contribution in [3.8, 4) is 5.75 Å². The lowest BCUT2D eigenvalue weighted by molar-refractivity contribution is -0.146. The SMILES string of the molecule is COc1cnccc1C(C)NC(=O)Nc1cccc2c1CN(CC(F)(F)F)C2. The van der Waals surface area contributed by atoms with E-state index in [0.29, 0.717) is 17.0 Å². The number of benzene rings is 1. The Labute approximate surface area is 160 Å². The summed E-state index contributed by atoms with van der Waals surface area (Å²) in [7, 11) is 1.52. The number of nitrogens with one attached hydrogen (secondary N) is 2. The molecule has 1 unspecified atom stereocenters. The molecule has 0 saturated carbocycles. The fraction of sp³-hybridized carbons (Fsp3) is 0.368. The summed E-state index contributed by atoms with van der Waals surface area (Å²) in [5.74, 6) is 0.554. The molecule has 1 aromatic carbocycles. The summed E-state index contributed by atoms with van der Waals surface area (Å²) < 4.78 is 43.3. The number of alkyl halides is 3. The van der Waals surface area contributed by atoms with Gasteiger partial charge in [0.15, 0.2) is 0 Å². The minimum absolute atomic E-state index is 0.138. The average Bonchev–Trinajstić information content (AvgIpc) is 3.03. The van der Waals surface area contributed by atoms with Crippen molar-refractivity contribution in [1.29, 1.82) is 0 Å². The molecule has 0 fully saturated rings. The Kier molecular flexibility index (Phi) is 5.73. The van der Waals surface area contributed by atoms with Crippen molar-refractivity contribution in [1.82, 2.24) is 15.2 Å². The van der Waals surface area contributed by atoms with Crippen molar-refractivity contribution in [2.75, 3.05) is 19.0 Å². The van der Waals surface area contributed by atoms with Crippen LogP contribution in [-0.4, -0.2) is 35.7 Å². The van der Waals surface area contributed by atoms with E-state index >= 15 is 0 Å². The van der Waals surface area contributed by atoms with Crippen LogP contribution in [0.2, 0.25) is 0 Å². The summed E-state index contributed by atoms with van der Waals surface area (Å²) in [6, 6.07) is 6.14. The number of halogens is 3. The van der Waals surface area contributed by atoms with Crippen LogP contribution in [0, 0.1) is 0 Å². The third kappa shape index (κ3) is 4.72. The van der Waals surface area contributed by atoms with Gasteiger partial charge in [-0.2, -0.15) is 13.2 Å². The number of urea groups is 1. The third-order valence-corrected chi connectivity index (χ3v) is 4.55. The molecule has 150 valence electrons. The minimum atomic E-state index is -4.26. The molecule has 9 heteroatoms. The van der Waals surface area contributed by atoms with Gasteiger partial charge in [0.25, 0.3) is 0 Å². The lowest BCUT2D eigenvalue weighted by Gasteiger charge is -2.18. The van der Waals surface area contributed by atoms with Crippen LogP contribution in [0.1, 0.15) is 29.7 Å². The second-order valence-electron chi connectivity index (χ2n) is 6.64. The standard InChI is InChI=1S/C19H21F3N4O2/c1-12(14-6-7-23-8-17(14)28-2)24-18(27)25-16-5-3-4-13-9-26(10-15(13)16)11-19(20,21)22/h3-8,12H,9-11H2,1-2H3,(H2,24,25,27). The van der Waals surface area contributed by atoms with Crippen LogP contribution in [0.3, 0.4) is 0 Å². The van der Waals surface area contributed by atoms with Gasteiger partial charge in [-0.05, 0) is 30.2 Å². The molecule has 2 heterocycles.